The molecule has 1 aliphatic rings. The molecule has 0 radical (unpaired) electrons. The van der Waals surface area contributed by atoms with E-state index in [1.165, 1.54) is 0 Å². The van der Waals surface area contributed by atoms with Crippen LogP contribution in [-0.2, 0) is 16.6 Å². The summed E-state index contributed by atoms with van der Waals surface area (Å²) in [6.45, 7) is 3.83. The van der Waals surface area contributed by atoms with Crippen LogP contribution in [0.5, 0.6) is 0 Å². The molecule has 0 spiro atoms. The summed E-state index contributed by atoms with van der Waals surface area (Å²) >= 11 is 0. The summed E-state index contributed by atoms with van der Waals surface area (Å²) in [7, 11) is -3.23. The van der Waals surface area contributed by atoms with E-state index in [0.717, 1.165) is 25.7 Å². The van der Waals surface area contributed by atoms with Crippen LogP contribution >= 0.6 is 0 Å². The molecule has 102 valence electrons. The second-order valence-corrected chi connectivity index (χ2v) is 7.60. The van der Waals surface area contributed by atoms with Crippen molar-refractivity contribution in [3.63, 3.8) is 0 Å². The summed E-state index contributed by atoms with van der Waals surface area (Å²) in [5.41, 5.74) is 0. The topological polar surface area (TPSA) is 50.5 Å². The molecular formula is C13H21NO3S. The minimum Gasteiger partial charge on any atom is -0.468 e. The normalized spacial score (nSPS) is 18.0. The molecule has 0 aliphatic heterocycles. The van der Waals surface area contributed by atoms with E-state index in [1.54, 1.807) is 30.5 Å². The van der Waals surface area contributed by atoms with Gasteiger partial charge in [-0.15, -0.1) is 0 Å². The van der Waals surface area contributed by atoms with Crippen molar-refractivity contribution in [2.75, 3.05) is 0 Å². The predicted octanol–water partition coefficient (Wildman–Crippen LogP) is 2.76. The predicted molar refractivity (Wildman–Crippen MR) is 70.6 cm³/mol. The Morgan fingerprint density at radius 2 is 2.06 bits per heavy atom. The fourth-order valence-electron chi connectivity index (χ4n) is 2.45. The smallest absolute Gasteiger partial charge is 0.217 e. The maximum atomic E-state index is 12.4. The number of sulfonamides is 1. The molecule has 2 rings (SSSR count). The average molecular weight is 271 g/mol. The van der Waals surface area contributed by atoms with Crippen LogP contribution in [-0.4, -0.2) is 24.0 Å². The molecule has 0 unspecified atom stereocenters. The van der Waals surface area contributed by atoms with Crippen molar-refractivity contribution in [2.24, 2.45) is 0 Å². The standard InChI is InChI=1S/C13H21NO3S/c1-11(2)18(15,16)14(12-6-3-4-7-12)10-13-8-5-9-17-13/h5,8-9,11-12H,3-4,6-7,10H2,1-2H3. The average Bonchev–Trinajstić information content (AvgIpc) is 2.98. The fraction of sp³-hybridized carbons (Fsp3) is 0.692. The summed E-state index contributed by atoms with van der Waals surface area (Å²) < 4.78 is 31.8. The monoisotopic (exact) mass is 271 g/mol. The maximum absolute atomic E-state index is 12.4. The van der Waals surface area contributed by atoms with Gasteiger partial charge in [-0.1, -0.05) is 12.8 Å². The first-order valence-electron chi connectivity index (χ1n) is 6.55. The highest BCUT2D eigenvalue weighted by Crippen LogP contribution is 2.28. The first kappa shape index (κ1) is 13.6. The fourth-order valence-corrected chi connectivity index (χ4v) is 3.92. The minimum absolute atomic E-state index is 0.141. The van der Waals surface area contributed by atoms with Gasteiger partial charge in [0.2, 0.25) is 10.0 Å². The number of hydrogen-bond acceptors (Lipinski definition) is 3. The third-order valence-electron chi connectivity index (χ3n) is 3.55. The van der Waals surface area contributed by atoms with Crippen molar-refractivity contribution in [1.29, 1.82) is 0 Å². The van der Waals surface area contributed by atoms with Gasteiger partial charge in [0.15, 0.2) is 0 Å². The van der Waals surface area contributed by atoms with Crippen molar-refractivity contribution in [1.82, 2.24) is 4.31 Å². The van der Waals surface area contributed by atoms with Crippen molar-refractivity contribution in [3.8, 4) is 0 Å². The lowest BCUT2D eigenvalue weighted by Gasteiger charge is -2.29. The number of furan rings is 1. The van der Waals surface area contributed by atoms with Crippen molar-refractivity contribution < 1.29 is 12.8 Å². The molecule has 0 saturated heterocycles. The molecule has 1 aromatic heterocycles. The molecule has 0 amide bonds. The van der Waals surface area contributed by atoms with Crippen LogP contribution in [0.1, 0.15) is 45.3 Å². The van der Waals surface area contributed by atoms with Gasteiger partial charge in [0, 0.05) is 6.04 Å². The Morgan fingerprint density at radius 1 is 1.39 bits per heavy atom. The van der Waals surface area contributed by atoms with Gasteiger partial charge >= 0.3 is 0 Å². The lowest BCUT2D eigenvalue weighted by molar-refractivity contribution is 0.289. The molecule has 5 heteroatoms. The van der Waals surface area contributed by atoms with Gasteiger partial charge in [-0.25, -0.2) is 8.42 Å². The Balaban J connectivity index is 2.22. The summed E-state index contributed by atoms with van der Waals surface area (Å²) in [6.07, 6.45) is 5.75. The number of nitrogens with zero attached hydrogens (tertiary/aromatic N) is 1. The lowest BCUT2D eigenvalue weighted by Crippen LogP contribution is -2.41. The van der Waals surface area contributed by atoms with Crippen LogP contribution in [0.2, 0.25) is 0 Å². The van der Waals surface area contributed by atoms with Gasteiger partial charge in [0.05, 0.1) is 18.1 Å². The third kappa shape index (κ3) is 2.78. The van der Waals surface area contributed by atoms with Crippen LogP contribution in [0, 0.1) is 0 Å². The molecule has 0 N–H and O–H groups in total. The highest BCUT2D eigenvalue weighted by Gasteiger charge is 2.34. The summed E-state index contributed by atoms with van der Waals surface area (Å²) in [5, 5.41) is -0.381. The minimum atomic E-state index is -3.23. The Morgan fingerprint density at radius 3 is 2.56 bits per heavy atom. The Kier molecular flexibility index (Phi) is 4.12. The zero-order valence-electron chi connectivity index (χ0n) is 11.0. The first-order valence-corrected chi connectivity index (χ1v) is 8.05. The van der Waals surface area contributed by atoms with E-state index in [2.05, 4.69) is 0 Å². The Hall–Kier alpha value is -0.810. The van der Waals surface area contributed by atoms with E-state index in [9.17, 15) is 8.42 Å². The molecular weight excluding hydrogens is 250 g/mol. The molecule has 18 heavy (non-hydrogen) atoms. The Labute approximate surface area is 109 Å². The molecule has 1 aromatic rings. The number of hydrogen-bond donors (Lipinski definition) is 0. The molecule has 0 bridgehead atoms. The van der Waals surface area contributed by atoms with Crippen LogP contribution in [0.25, 0.3) is 0 Å². The van der Waals surface area contributed by atoms with E-state index < -0.39 is 10.0 Å². The van der Waals surface area contributed by atoms with Crippen molar-refractivity contribution >= 4 is 10.0 Å². The molecule has 0 aromatic carbocycles. The van der Waals surface area contributed by atoms with E-state index in [1.807, 2.05) is 6.07 Å². The Bertz CT molecular complexity index is 458. The molecule has 0 atom stereocenters. The highest BCUT2D eigenvalue weighted by molar-refractivity contribution is 7.89. The van der Waals surface area contributed by atoms with Gasteiger partial charge < -0.3 is 4.42 Å². The largest absolute Gasteiger partial charge is 0.468 e. The number of rotatable bonds is 5. The zero-order valence-corrected chi connectivity index (χ0v) is 11.8. The molecule has 1 saturated carbocycles. The van der Waals surface area contributed by atoms with Gasteiger partial charge in [-0.05, 0) is 38.8 Å². The summed E-state index contributed by atoms with van der Waals surface area (Å²) in [4.78, 5) is 0. The van der Waals surface area contributed by atoms with Crippen LogP contribution < -0.4 is 0 Å². The van der Waals surface area contributed by atoms with E-state index >= 15 is 0 Å². The van der Waals surface area contributed by atoms with Crippen molar-refractivity contribution in [2.45, 2.75) is 57.4 Å². The quantitative estimate of drug-likeness (QED) is 0.827. The van der Waals surface area contributed by atoms with Crippen molar-refractivity contribution in [3.05, 3.63) is 24.2 Å². The van der Waals surface area contributed by atoms with E-state index in [0.29, 0.717) is 12.3 Å². The first-order chi connectivity index (χ1) is 8.51. The zero-order chi connectivity index (χ0) is 13.2. The van der Waals surface area contributed by atoms with Gasteiger partial charge in [0.25, 0.3) is 0 Å². The van der Waals surface area contributed by atoms with Gasteiger partial charge in [-0.2, -0.15) is 4.31 Å². The third-order valence-corrected chi connectivity index (χ3v) is 5.82. The summed E-state index contributed by atoms with van der Waals surface area (Å²) in [5.74, 6) is 0.714. The van der Waals surface area contributed by atoms with Crippen LogP contribution in [0.3, 0.4) is 0 Å². The van der Waals surface area contributed by atoms with Crippen LogP contribution in [0.15, 0.2) is 22.8 Å². The molecule has 4 nitrogen and oxygen atoms in total. The molecule has 1 fully saturated rings. The lowest BCUT2D eigenvalue weighted by atomic mass is 10.2. The maximum Gasteiger partial charge on any atom is 0.217 e. The SMILES string of the molecule is CC(C)S(=O)(=O)N(Cc1ccco1)C1CCCC1. The van der Waals surface area contributed by atoms with Gasteiger partial charge in [0.1, 0.15) is 5.76 Å². The molecule has 1 aliphatic carbocycles. The van der Waals surface area contributed by atoms with E-state index in [-0.39, 0.29) is 11.3 Å². The highest BCUT2D eigenvalue weighted by atomic mass is 32.2. The van der Waals surface area contributed by atoms with Gasteiger partial charge in [-0.3, -0.25) is 0 Å². The molecule has 1 heterocycles. The second-order valence-electron chi connectivity index (χ2n) is 5.16. The van der Waals surface area contributed by atoms with E-state index in [4.69, 9.17) is 4.42 Å². The van der Waals surface area contributed by atoms with Crippen LogP contribution in [0.4, 0.5) is 0 Å². The summed E-state index contributed by atoms with van der Waals surface area (Å²) in [6, 6.07) is 3.77. The second kappa shape index (κ2) is 5.45.